The van der Waals surface area contributed by atoms with Crippen LogP contribution in [-0.4, -0.2) is 46.1 Å². The quantitative estimate of drug-likeness (QED) is 0.529. The monoisotopic (exact) mass is 422 g/mol. The van der Waals surface area contributed by atoms with E-state index in [-0.39, 0.29) is 22.4 Å². The van der Waals surface area contributed by atoms with Gasteiger partial charge in [-0.2, -0.15) is 0 Å². The minimum Gasteiger partial charge on any atom is -0.507 e. The molecule has 0 unspecified atom stereocenters. The molecule has 8 heteroatoms. The third kappa shape index (κ3) is 8.12. The SMILES string of the molecule is O=Cc1ccc(C(=O)O)cc1.O=Cc1ccccc1C(=O)O.O=Cc1ccccc1O. The number of carboxylic acid groups (broad SMARTS) is 2. The first-order valence-electron chi connectivity index (χ1n) is 8.63. The van der Waals surface area contributed by atoms with E-state index in [9.17, 15) is 24.0 Å². The average molecular weight is 422 g/mol. The van der Waals surface area contributed by atoms with Gasteiger partial charge in [-0.1, -0.05) is 42.5 Å². The molecule has 8 nitrogen and oxygen atoms in total. The molecule has 158 valence electrons. The second-order valence-electron chi connectivity index (χ2n) is 5.73. The van der Waals surface area contributed by atoms with Crippen LogP contribution in [-0.2, 0) is 0 Å². The van der Waals surface area contributed by atoms with Gasteiger partial charge >= 0.3 is 11.9 Å². The summed E-state index contributed by atoms with van der Waals surface area (Å²) in [7, 11) is 0. The normalized spacial score (nSPS) is 9.03. The maximum Gasteiger partial charge on any atom is 0.336 e. The molecule has 0 atom stereocenters. The Balaban J connectivity index is 0.000000234. The van der Waals surface area contributed by atoms with Gasteiger partial charge in [0, 0.05) is 11.1 Å². The molecule has 3 rings (SSSR count). The van der Waals surface area contributed by atoms with Gasteiger partial charge in [0.05, 0.1) is 16.7 Å². The molecule has 0 saturated heterocycles. The fraction of sp³-hybridized carbons (Fsp3) is 0. The van der Waals surface area contributed by atoms with Crippen molar-refractivity contribution in [3.05, 3.63) is 101 Å². The summed E-state index contributed by atoms with van der Waals surface area (Å²) in [5, 5.41) is 25.9. The zero-order chi connectivity index (χ0) is 23.2. The second-order valence-corrected chi connectivity index (χ2v) is 5.73. The van der Waals surface area contributed by atoms with E-state index in [1.54, 1.807) is 30.3 Å². The Morgan fingerprint density at radius 2 is 1.13 bits per heavy atom. The van der Waals surface area contributed by atoms with Gasteiger partial charge in [-0.05, 0) is 30.3 Å². The Morgan fingerprint density at radius 3 is 1.52 bits per heavy atom. The highest BCUT2D eigenvalue weighted by Crippen LogP contribution is 2.11. The molecule has 0 saturated carbocycles. The molecule has 0 fully saturated rings. The van der Waals surface area contributed by atoms with Crippen molar-refractivity contribution in [3.8, 4) is 5.75 Å². The highest BCUT2D eigenvalue weighted by Gasteiger charge is 2.06. The van der Waals surface area contributed by atoms with Crippen molar-refractivity contribution in [2.45, 2.75) is 0 Å². The number of aromatic carboxylic acids is 2. The van der Waals surface area contributed by atoms with Crippen molar-refractivity contribution in [3.63, 3.8) is 0 Å². The molecule has 0 aromatic heterocycles. The lowest BCUT2D eigenvalue weighted by atomic mass is 10.1. The number of carbonyl (C=O) groups is 5. The predicted molar refractivity (Wildman–Crippen MR) is 111 cm³/mol. The van der Waals surface area contributed by atoms with Crippen LogP contribution in [0, 0.1) is 0 Å². The summed E-state index contributed by atoms with van der Waals surface area (Å²) in [6.07, 6.45) is 1.82. The van der Waals surface area contributed by atoms with Gasteiger partial charge in [-0.25, -0.2) is 9.59 Å². The molecule has 0 aliphatic heterocycles. The average Bonchev–Trinajstić information content (AvgIpc) is 2.80. The molecule has 31 heavy (non-hydrogen) atoms. The fourth-order valence-corrected chi connectivity index (χ4v) is 2.09. The van der Waals surface area contributed by atoms with Crippen LogP contribution in [0.15, 0.2) is 72.8 Å². The first-order valence-corrected chi connectivity index (χ1v) is 8.63. The van der Waals surface area contributed by atoms with E-state index in [4.69, 9.17) is 15.3 Å². The van der Waals surface area contributed by atoms with Gasteiger partial charge < -0.3 is 15.3 Å². The number of carboxylic acids is 2. The molecule has 0 spiro atoms. The van der Waals surface area contributed by atoms with Gasteiger partial charge in [0.2, 0.25) is 0 Å². The van der Waals surface area contributed by atoms with Crippen LogP contribution in [0.25, 0.3) is 0 Å². The van der Waals surface area contributed by atoms with Crippen molar-refractivity contribution in [1.82, 2.24) is 0 Å². The molecule has 3 aromatic rings. The second kappa shape index (κ2) is 12.8. The van der Waals surface area contributed by atoms with Gasteiger partial charge in [0.1, 0.15) is 12.0 Å². The molecule has 0 heterocycles. The van der Waals surface area contributed by atoms with Gasteiger partial charge in [-0.15, -0.1) is 0 Å². The van der Waals surface area contributed by atoms with Crippen LogP contribution >= 0.6 is 0 Å². The fourth-order valence-electron chi connectivity index (χ4n) is 2.09. The number of phenols is 1. The van der Waals surface area contributed by atoms with Crippen LogP contribution in [0.2, 0.25) is 0 Å². The smallest absolute Gasteiger partial charge is 0.336 e. The van der Waals surface area contributed by atoms with Crippen molar-refractivity contribution in [1.29, 1.82) is 0 Å². The van der Waals surface area contributed by atoms with E-state index in [0.29, 0.717) is 30.0 Å². The van der Waals surface area contributed by atoms with E-state index in [1.165, 1.54) is 42.5 Å². The van der Waals surface area contributed by atoms with Gasteiger partial charge in [-0.3, -0.25) is 14.4 Å². The maximum absolute atomic E-state index is 10.4. The summed E-state index contributed by atoms with van der Waals surface area (Å²) >= 11 is 0. The summed E-state index contributed by atoms with van der Waals surface area (Å²) < 4.78 is 0. The van der Waals surface area contributed by atoms with Gasteiger partial charge in [0.25, 0.3) is 0 Å². The van der Waals surface area contributed by atoms with Crippen molar-refractivity contribution in [2.75, 3.05) is 0 Å². The van der Waals surface area contributed by atoms with Crippen LogP contribution in [0.3, 0.4) is 0 Å². The van der Waals surface area contributed by atoms with Crippen LogP contribution in [0.5, 0.6) is 5.75 Å². The van der Waals surface area contributed by atoms with E-state index in [2.05, 4.69) is 0 Å². The van der Waals surface area contributed by atoms with Gasteiger partial charge in [0.15, 0.2) is 12.6 Å². The summed E-state index contributed by atoms with van der Waals surface area (Å²) in [4.78, 5) is 51.2. The number of benzene rings is 3. The van der Waals surface area contributed by atoms with E-state index in [1.807, 2.05) is 0 Å². The zero-order valence-electron chi connectivity index (χ0n) is 16.0. The van der Waals surface area contributed by atoms with Crippen molar-refractivity contribution >= 4 is 30.8 Å². The largest absolute Gasteiger partial charge is 0.507 e. The molecule has 0 radical (unpaired) electrons. The number of aldehydes is 3. The minimum absolute atomic E-state index is 0.0347. The summed E-state index contributed by atoms with van der Waals surface area (Å²) in [6, 6.07) is 18.2. The van der Waals surface area contributed by atoms with Crippen LogP contribution < -0.4 is 0 Å². The topological polar surface area (TPSA) is 146 Å². The number of hydrogen-bond acceptors (Lipinski definition) is 6. The van der Waals surface area contributed by atoms with Crippen molar-refractivity contribution < 1.29 is 39.3 Å². The highest BCUT2D eigenvalue weighted by molar-refractivity contribution is 5.97. The number of phenolic OH excluding ortho intramolecular Hbond substituents is 1. The molecule has 0 aliphatic rings. The molecule has 0 amide bonds. The first kappa shape index (κ1) is 24.4. The van der Waals surface area contributed by atoms with Crippen LogP contribution in [0.4, 0.5) is 0 Å². The zero-order valence-corrected chi connectivity index (χ0v) is 16.0. The molecule has 3 aromatic carbocycles. The predicted octanol–water partition coefficient (Wildman–Crippen LogP) is 3.60. The minimum atomic E-state index is -1.08. The summed E-state index contributed by atoms with van der Waals surface area (Å²) in [5.74, 6) is -2.03. The number of para-hydroxylation sites is 1. The van der Waals surface area contributed by atoms with E-state index in [0.717, 1.165) is 0 Å². The van der Waals surface area contributed by atoms with Crippen molar-refractivity contribution in [2.24, 2.45) is 0 Å². The Kier molecular flexibility index (Phi) is 10.1. The Labute approximate surface area is 177 Å². The molecule has 3 N–H and O–H groups in total. The Bertz CT molecular complexity index is 1060. The molecule has 0 aliphatic carbocycles. The highest BCUT2D eigenvalue weighted by atomic mass is 16.4. The lowest BCUT2D eigenvalue weighted by molar-refractivity contribution is 0.0685. The Morgan fingerprint density at radius 1 is 0.613 bits per heavy atom. The number of hydrogen-bond donors (Lipinski definition) is 3. The standard InChI is InChI=1S/2C8H6O3.C7H6O2/c9-5-6-1-3-7(4-2-6)8(10)11;9-5-6-3-1-2-4-7(6)8(10)11;8-5-6-3-1-2-4-7(6)9/h2*1-5H,(H,10,11);1-5,9H. The lowest BCUT2D eigenvalue weighted by Gasteiger charge is -1.95. The molecular weight excluding hydrogens is 404 g/mol. The van der Waals surface area contributed by atoms with E-state index < -0.39 is 11.9 Å². The number of carbonyl (C=O) groups excluding carboxylic acids is 3. The molecular formula is C23H18O8. The third-order valence-corrected chi connectivity index (χ3v) is 3.68. The Hall–Kier alpha value is -4.59. The lowest BCUT2D eigenvalue weighted by Crippen LogP contribution is -2.00. The summed E-state index contributed by atoms with van der Waals surface area (Å²) in [6.45, 7) is 0. The third-order valence-electron chi connectivity index (χ3n) is 3.68. The van der Waals surface area contributed by atoms with E-state index >= 15 is 0 Å². The summed E-state index contributed by atoms with van der Waals surface area (Å²) in [5.41, 5.74) is 1.26. The molecule has 0 bridgehead atoms. The number of aromatic hydroxyl groups is 1. The van der Waals surface area contributed by atoms with Crippen LogP contribution in [0.1, 0.15) is 51.8 Å². The maximum atomic E-state index is 10.4. The number of rotatable bonds is 5. The first-order chi connectivity index (χ1) is 14.8.